The molecule has 0 atom stereocenters. The van der Waals surface area contributed by atoms with Gasteiger partial charge in [-0.3, -0.25) is 10.1 Å². The Morgan fingerprint density at radius 2 is 2.25 bits per heavy atom. The molecule has 0 unspecified atom stereocenters. The van der Waals surface area contributed by atoms with E-state index in [4.69, 9.17) is 0 Å². The largest absolute Gasteiger partial charge is 0.314 e. The normalized spacial score (nSPS) is 16.5. The molecule has 2 heterocycles. The molecule has 1 fully saturated rings. The van der Waals surface area contributed by atoms with Crippen molar-refractivity contribution in [1.29, 1.82) is 0 Å². The topological polar surface area (TPSA) is 53.6 Å². The van der Waals surface area contributed by atoms with Gasteiger partial charge in [0.05, 0.1) is 17.9 Å². The van der Waals surface area contributed by atoms with Crippen LogP contribution < -0.4 is 5.32 Å². The molecule has 0 aliphatic heterocycles. The summed E-state index contributed by atoms with van der Waals surface area (Å²) >= 11 is 0. The van der Waals surface area contributed by atoms with Crippen molar-refractivity contribution in [3.63, 3.8) is 0 Å². The number of aromatic amines is 1. The van der Waals surface area contributed by atoms with Crippen molar-refractivity contribution in [3.8, 4) is 0 Å². The monoisotopic (exact) mass is 216 g/mol. The summed E-state index contributed by atoms with van der Waals surface area (Å²) in [4.78, 5) is 4.22. The van der Waals surface area contributed by atoms with Crippen LogP contribution in [0.1, 0.15) is 24.8 Å². The fourth-order valence-corrected chi connectivity index (χ4v) is 2.14. The van der Waals surface area contributed by atoms with Crippen LogP contribution in [0.15, 0.2) is 18.6 Å². The van der Waals surface area contributed by atoms with Crippen molar-refractivity contribution in [3.05, 3.63) is 24.2 Å². The first-order valence-electron chi connectivity index (χ1n) is 5.93. The highest BCUT2D eigenvalue weighted by atomic mass is 15.1. The lowest BCUT2D eigenvalue weighted by Crippen LogP contribution is -2.36. The van der Waals surface area contributed by atoms with Crippen LogP contribution in [0.3, 0.4) is 0 Å². The van der Waals surface area contributed by atoms with Crippen molar-refractivity contribution in [2.75, 3.05) is 6.54 Å². The smallest absolute Gasteiger partial charge is 0.0836 e. The van der Waals surface area contributed by atoms with Crippen molar-refractivity contribution in [1.82, 2.24) is 20.5 Å². The van der Waals surface area contributed by atoms with Gasteiger partial charge in [-0.25, -0.2) is 0 Å². The Bertz CT molecular complexity index is 473. The highest BCUT2D eigenvalue weighted by molar-refractivity contribution is 5.80. The molecule has 2 aromatic heterocycles. The highest BCUT2D eigenvalue weighted by Gasteiger charge is 2.15. The summed E-state index contributed by atoms with van der Waals surface area (Å²) in [6, 6.07) is 0.761. The molecule has 0 amide bonds. The zero-order chi connectivity index (χ0) is 10.8. The van der Waals surface area contributed by atoms with Crippen LogP contribution in [0.25, 0.3) is 10.9 Å². The van der Waals surface area contributed by atoms with Gasteiger partial charge in [0.2, 0.25) is 0 Å². The SMILES string of the molecule is c1ncc2[nH]ncc2c1CCNC1CCC1. The van der Waals surface area contributed by atoms with Crippen LogP contribution in [0.2, 0.25) is 0 Å². The van der Waals surface area contributed by atoms with Gasteiger partial charge in [0.15, 0.2) is 0 Å². The third-order valence-electron chi connectivity index (χ3n) is 3.38. The van der Waals surface area contributed by atoms with Crippen molar-refractivity contribution in [2.24, 2.45) is 0 Å². The number of pyridine rings is 1. The van der Waals surface area contributed by atoms with Crippen LogP contribution >= 0.6 is 0 Å². The molecule has 1 aliphatic carbocycles. The third kappa shape index (κ3) is 1.80. The minimum absolute atomic E-state index is 0.761. The number of hydrogen-bond donors (Lipinski definition) is 2. The molecule has 1 saturated carbocycles. The van der Waals surface area contributed by atoms with Gasteiger partial charge < -0.3 is 5.32 Å². The summed E-state index contributed by atoms with van der Waals surface area (Å²) in [5, 5.41) is 11.8. The fraction of sp³-hybridized carbons (Fsp3) is 0.500. The lowest BCUT2D eigenvalue weighted by Gasteiger charge is -2.26. The minimum Gasteiger partial charge on any atom is -0.314 e. The highest BCUT2D eigenvalue weighted by Crippen LogP contribution is 2.18. The second kappa shape index (κ2) is 4.22. The van der Waals surface area contributed by atoms with E-state index in [0.717, 1.165) is 24.5 Å². The van der Waals surface area contributed by atoms with E-state index >= 15 is 0 Å². The van der Waals surface area contributed by atoms with Crippen LogP contribution in [0.5, 0.6) is 0 Å². The van der Waals surface area contributed by atoms with Gasteiger partial charge in [0.1, 0.15) is 0 Å². The van der Waals surface area contributed by atoms with Crippen LogP contribution in [0, 0.1) is 0 Å². The maximum atomic E-state index is 4.22. The van der Waals surface area contributed by atoms with Gasteiger partial charge >= 0.3 is 0 Å². The molecule has 2 aromatic rings. The first-order chi connectivity index (χ1) is 7.93. The van der Waals surface area contributed by atoms with E-state index < -0.39 is 0 Å². The molecule has 3 rings (SSSR count). The lowest BCUT2D eigenvalue weighted by molar-refractivity contribution is 0.342. The first kappa shape index (κ1) is 9.78. The standard InChI is InChI=1S/C12H16N4/c1-2-10(3-1)14-5-4-9-6-13-8-12-11(9)7-15-16-12/h6-8,10,14H,1-5H2,(H,15,16). The van der Waals surface area contributed by atoms with Gasteiger partial charge in [0.25, 0.3) is 0 Å². The Hall–Kier alpha value is -1.42. The molecule has 1 aliphatic rings. The van der Waals surface area contributed by atoms with Gasteiger partial charge in [-0.05, 0) is 31.4 Å². The molecule has 0 bridgehead atoms. The number of nitrogens with zero attached hydrogens (tertiary/aromatic N) is 2. The zero-order valence-corrected chi connectivity index (χ0v) is 9.24. The lowest BCUT2D eigenvalue weighted by atomic mass is 9.93. The molecule has 0 spiro atoms. The molecular weight excluding hydrogens is 200 g/mol. The number of fused-ring (bicyclic) bond motifs is 1. The van der Waals surface area contributed by atoms with Crippen molar-refractivity contribution >= 4 is 10.9 Å². The predicted molar refractivity (Wildman–Crippen MR) is 63.2 cm³/mol. The molecule has 84 valence electrons. The van der Waals surface area contributed by atoms with E-state index in [1.807, 2.05) is 18.6 Å². The summed E-state index contributed by atoms with van der Waals surface area (Å²) in [5.41, 5.74) is 2.30. The Morgan fingerprint density at radius 1 is 1.31 bits per heavy atom. The Kier molecular flexibility index (Phi) is 2.58. The quantitative estimate of drug-likeness (QED) is 0.817. The van der Waals surface area contributed by atoms with E-state index in [2.05, 4.69) is 20.5 Å². The second-order valence-corrected chi connectivity index (χ2v) is 4.46. The first-order valence-corrected chi connectivity index (χ1v) is 5.93. The molecule has 0 radical (unpaired) electrons. The Morgan fingerprint density at radius 3 is 3.06 bits per heavy atom. The van der Waals surface area contributed by atoms with Crippen LogP contribution in [-0.4, -0.2) is 27.8 Å². The van der Waals surface area contributed by atoms with E-state index in [-0.39, 0.29) is 0 Å². The predicted octanol–water partition coefficient (Wildman–Crippen LogP) is 1.64. The summed E-state index contributed by atoms with van der Waals surface area (Å²) in [6.45, 7) is 1.04. The van der Waals surface area contributed by atoms with Gasteiger partial charge in [-0.2, -0.15) is 5.10 Å². The fourth-order valence-electron chi connectivity index (χ4n) is 2.14. The van der Waals surface area contributed by atoms with E-state index in [9.17, 15) is 0 Å². The Balaban J connectivity index is 1.66. The average molecular weight is 216 g/mol. The molecular formula is C12H16N4. The van der Waals surface area contributed by atoms with Gasteiger partial charge in [0, 0.05) is 17.6 Å². The average Bonchev–Trinajstić information content (AvgIpc) is 2.70. The maximum absolute atomic E-state index is 4.22. The summed E-state index contributed by atoms with van der Waals surface area (Å²) in [7, 11) is 0. The van der Waals surface area contributed by atoms with Crippen LogP contribution in [-0.2, 0) is 6.42 Å². The minimum atomic E-state index is 0.761. The maximum Gasteiger partial charge on any atom is 0.0836 e. The molecule has 0 aromatic carbocycles. The zero-order valence-electron chi connectivity index (χ0n) is 9.24. The molecule has 2 N–H and O–H groups in total. The van der Waals surface area contributed by atoms with Crippen LogP contribution in [0.4, 0.5) is 0 Å². The van der Waals surface area contributed by atoms with Crippen molar-refractivity contribution in [2.45, 2.75) is 31.7 Å². The summed E-state index contributed by atoms with van der Waals surface area (Å²) in [6.07, 6.45) is 10.8. The van der Waals surface area contributed by atoms with E-state index in [1.165, 1.54) is 30.2 Å². The summed E-state index contributed by atoms with van der Waals surface area (Å²) in [5.74, 6) is 0. The van der Waals surface area contributed by atoms with Crippen molar-refractivity contribution < 1.29 is 0 Å². The third-order valence-corrected chi connectivity index (χ3v) is 3.38. The van der Waals surface area contributed by atoms with E-state index in [0.29, 0.717) is 0 Å². The number of hydrogen-bond acceptors (Lipinski definition) is 3. The number of rotatable bonds is 4. The molecule has 0 saturated heterocycles. The van der Waals surface area contributed by atoms with Gasteiger partial charge in [-0.15, -0.1) is 0 Å². The second-order valence-electron chi connectivity index (χ2n) is 4.46. The number of nitrogens with one attached hydrogen (secondary N) is 2. The molecule has 4 nitrogen and oxygen atoms in total. The Labute approximate surface area is 94.5 Å². The number of H-pyrrole nitrogens is 1. The summed E-state index contributed by atoms with van der Waals surface area (Å²) < 4.78 is 0. The van der Waals surface area contributed by atoms with Gasteiger partial charge in [-0.1, -0.05) is 6.42 Å². The molecule has 4 heteroatoms. The van der Waals surface area contributed by atoms with E-state index in [1.54, 1.807) is 0 Å². The number of aromatic nitrogens is 3. The molecule has 16 heavy (non-hydrogen) atoms.